The highest BCUT2D eigenvalue weighted by Gasteiger charge is 2.27. The molecule has 0 fully saturated rings. The van der Waals surface area contributed by atoms with Crippen LogP contribution in [0.1, 0.15) is 0 Å². The van der Waals surface area contributed by atoms with Gasteiger partial charge in [0.1, 0.15) is 0 Å². The highest BCUT2D eigenvalue weighted by Crippen LogP contribution is 2.54. The highest BCUT2D eigenvalue weighted by atomic mass is 16.6. The lowest BCUT2D eigenvalue weighted by Crippen LogP contribution is -2.00. The number of ether oxygens (including phenoxy) is 2. The number of rotatable bonds is 2. The summed E-state index contributed by atoms with van der Waals surface area (Å²) in [5.41, 5.74) is 7.78. The molecule has 4 nitrogen and oxygen atoms in total. The van der Waals surface area contributed by atoms with E-state index >= 15 is 0 Å². The minimum Gasteiger partial charge on any atom is -0.449 e. The van der Waals surface area contributed by atoms with E-state index in [1.165, 1.54) is 11.1 Å². The summed E-state index contributed by atoms with van der Waals surface area (Å²) >= 11 is 0. The molecule has 0 spiro atoms. The maximum atomic E-state index is 6.72. The van der Waals surface area contributed by atoms with Gasteiger partial charge in [-0.3, -0.25) is 0 Å². The summed E-state index contributed by atoms with van der Waals surface area (Å²) in [5.74, 6) is 2.94. The van der Waals surface area contributed by atoms with Crippen LogP contribution in [0.2, 0.25) is 0 Å². The molecule has 40 heavy (non-hydrogen) atoms. The van der Waals surface area contributed by atoms with Crippen LogP contribution in [-0.2, 0) is 0 Å². The number of hydrogen-bond donors (Lipinski definition) is 1. The Morgan fingerprint density at radius 2 is 1.18 bits per heavy atom. The molecular weight excluding hydrogens is 492 g/mol. The maximum absolute atomic E-state index is 6.72. The van der Waals surface area contributed by atoms with Crippen molar-refractivity contribution in [1.29, 1.82) is 0 Å². The van der Waals surface area contributed by atoms with E-state index in [0.29, 0.717) is 0 Å². The Labute approximate surface area is 229 Å². The Bertz CT molecular complexity index is 2270. The second-order valence-corrected chi connectivity index (χ2v) is 10.2. The topological polar surface area (TPSA) is 39.2 Å². The van der Waals surface area contributed by atoms with Crippen LogP contribution in [0.15, 0.2) is 127 Å². The quantitative estimate of drug-likeness (QED) is 0.249. The van der Waals surface area contributed by atoms with Crippen molar-refractivity contribution in [3.05, 3.63) is 127 Å². The fourth-order valence-corrected chi connectivity index (χ4v) is 6.22. The van der Waals surface area contributed by atoms with Crippen LogP contribution in [0.5, 0.6) is 23.0 Å². The summed E-state index contributed by atoms with van der Waals surface area (Å²) in [6.45, 7) is 0. The number of H-pyrrole nitrogens is 1. The van der Waals surface area contributed by atoms with Gasteiger partial charge in [-0.25, -0.2) is 0 Å². The third-order valence-corrected chi connectivity index (χ3v) is 7.98. The van der Waals surface area contributed by atoms with E-state index in [2.05, 4.69) is 113 Å². The zero-order chi connectivity index (χ0) is 26.2. The monoisotopic (exact) mass is 514 g/mol. The molecule has 1 N–H and O–H groups in total. The van der Waals surface area contributed by atoms with Crippen molar-refractivity contribution in [2.24, 2.45) is 0 Å². The SMILES string of the molecule is c1ccc(-c2cccc(-n3c4ccccc4c4c5c(ccc43)Oc3c(ccc4[nH]c6ccccc6c34)O5)c2)cc1. The van der Waals surface area contributed by atoms with Crippen molar-refractivity contribution in [1.82, 2.24) is 9.55 Å². The van der Waals surface area contributed by atoms with Crippen molar-refractivity contribution in [3.8, 4) is 39.8 Å². The van der Waals surface area contributed by atoms with Gasteiger partial charge in [-0.2, -0.15) is 0 Å². The molecule has 0 bridgehead atoms. The molecule has 0 amide bonds. The number of hydrogen-bond acceptors (Lipinski definition) is 2. The molecular formula is C36H22N2O2. The van der Waals surface area contributed by atoms with Gasteiger partial charge in [0.2, 0.25) is 0 Å². The van der Waals surface area contributed by atoms with Gasteiger partial charge in [0.15, 0.2) is 23.0 Å². The van der Waals surface area contributed by atoms with E-state index in [0.717, 1.165) is 72.3 Å². The van der Waals surface area contributed by atoms with E-state index in [-0.39, 0.29) is 0 Å². The molecule has 2 aromatic heterocycles. The molecule has 188 valence electrons. The Morgan fingerprint density at radius 3 is 2.05 bits per heavy atom. The van der Waals surface area contributed by atoms with Crippen molar-refractivity contribution >= 4 is 43.6 Å². The van der Waals surface area contributed by atoms with E-state index in [1.807, 2.05) is 24.3 Å². The zero-order valence-electron chi connectivity index (χ0n) is 21.4. The lowest BCUT2D eigenvalue weighted by atomic mass is 10.1. The Morgan fingerprint density at radius 1 is 0.475 bits per heavy atom. The summed E-state index contributed by atoms with van der Waals surface area (Å²) in [5, 5.41) is 4.33. The van der Waals surface area contributed by atoms with Gasteiger partial charge in [-0.05, 0) is 59.7 Å². The molecule has 3 heterocycles. The van der Waals surface area contributed by atoms with Gasteiger partial charge in [-0.15, -0.1) is 0 Å². The minimum atomic E-state index is 0.721. The molecule has 0 atom stereocenters. The predicted octanol–water partition coefficient (Wildman–Crippen LogP) is 9.98. The predicted molar refractivity (Wildman–Crippen MR) is 162 cm³/mol. The number of aromatic amines is 1. The van der Waals surface area contributed by atoms with E-state index < -0.39 is 0 Å². The Balaban J connectivity index is 1.27. The first-order valence-corrected chi connectivity index (χ1v) is 13.4. The normalized spacial score (nSPS) is 12.4. The van der Waals surface area contributed by atoms with Crippen molar-refractivity contribution in [3.63, 3.8) is 0 Å². The van der Waals surface area contributed by atoms with Crippen LogP contribution in [0.4, 0.5) is 0 Å². The van der Waals surface area contributed by atoms with Crippen LogP contribution in [0, 0.1) is 0 Å². The highest BCUT2D eigenvalue weighted by molar-refractivity contribution is 6.15. The molecule has 0 unspecified atom stereocenters. The molecule has 1 aliphatic rings. The van der Waals surface area contributed by atoms with Gasteiger partial charge < -0.3 is 19.0 Å². The summed E-state index contributed by atoms with van der Waals surface area (Å²) in [7, 11) is 0. The first-order valence-electron chi connectivity index (χ1n) is 13.4. The van der Waals surface area contributed by atoms with E-state index in [1.54, 1.807) is 0 Å². The van der Waals surface area contributed by atoms with Crippen molar-refractivity contribution in [2.45, 2.75) is 0 Å². The van der Waals surface area contributed by atoms with Crippen LogP contribution in [0.25, 0.3) is 60.4 Å². The van der Waals surface area contributed by atoms with Gasteiger partial charge >= 0.3 is 0 Å². The molecule has 4 heteroatoms. The zero-order valence-corrected chi connectivity index (χ0v) is 21.4. The number of aromatic nitrogens is 2. The second-order valence-electron chi connectivity index (χ2n) is 10.2. The Kier molecular flexibility index (Phi) is 4.30. The number of nitrogens with one attached hydrogen (secondary N) is 1. The summed E-state index contributed by atoms with van der Waals surface area (Å²) in [6, 6.07) is 44.3. The number of benzene rings is 6. The molecule has 0 saturated carbocycles. The maximum Gasteiger partial charge on any atom is 0.180 e. The first kappa shape index (κ1) is 21.5. The van der Waals surface area contributed by atoms with Gasteiger partial charge in [0.25, 0.3) is 0 Å². The minimum absolute atomic E-state index is 0.721. The second kappa shape index (κ2) is 8.01. The smallest absolute Gasteiger partial charge is 0.180 e. The third kappa shape index (κ3) is 2.96. The van der Waals surface area contributed by atoms with Crippen molar-refractivity contribution in [2.75, 3.05) is 0 Å². The lowest BCUT2D eigenvalue weighted by Gasteiger charge is -2.22. The summed E-state index contributed by atoms with van der Waals surface area (Å²) < 4.78 is 15.7. The molecule has 0 radical (unpaired) electrons. The van der Waals surface area contributed by atoms with Crippen LogP contribution < -0.4 is 9.47 Å². The molecule has 0 aliphatic carbocycles. The Hall–Kier alpha value is -5.48. The average Bonchev–Trinajstić information content (AvgIpc) is 3.57. The molecule has 1 aliphatic heterocycles. The fraction of sp³-hybridized carbons (Fsp3) is 0. The van der Waals surface area contributed by atoms with Crippen LogP contribution in [-0.4, -0.2) is 9.55 Å². The van der Waals surface area contributed by atoms with Gasteiger partial charge in [0, 0.05) is 22.0 Å². The number of para-hydroxylation sites is 2. The molecule has 6 aromatic carbocycles. The van der Waals surface area contributed by atoms with E-state index in [4.69, 9.17) is 9.47 Å². The number of nitrogens with zero attached hydrogens (tertiary/aromatic N) is 1. The van der Waals surface area contributed by atoms with E-state index in [9.17, 15) is 0 Å². The van der Waals surface area contributed by atoms with Gasteiger partial charge in [-0.1, -0.05) is 78.9 Å². The van der Waals surface area contributed by atoms with Crippen molar-refractivity contribution < 1.29 is 9.47 Å². The fourth-order valence-electron chi connectivity index (χ4n) is 6.22. The lowest BCUT2D eigenvalue weighted by molar-refractivity contribution is 0.367. The molecule has 0 saturated heterocycles. The first-order chi connectivity index (χ1) is 19.8. The standard InChI is InChI=1S/C36H22N2O2/c1-2-9-22(10-3-1)23-11-8-12-24(21-23)38-29-16-7-5-14-26(29)34-30(38)18-20-32-36(34)40-31-19-17-28-33(35(31)39-32)25-13-4-6-15-27(25)37-28/h1-21,37H. The van der Waals surface area contributed by atoms with Gasteiger partial charge in [0.05, 0.1) is 27.3 Å². The molecule has 8 aromatic rings. The average molecular weight is 515 g/mol. The largest absolute Gasteiger partial charge is 0.449 e. The summed E-state index contributed by atoms with van der Waals surface area (Å²) in [6.07, 6.45) is 0. The van der Waals surface area contributed by atoms with Crippen LogP contribution >= 0.6 is 0 Å². The number of fused-ring (bicyclic) bond motifs is 10. The molecule has 9 rings (SSSR count). The van der Waals surface area contributed by atoms with Crippen LogP contribution in [0.3, 0.4) is 0 Å². The summed E-state index contributed by atoms with van der Waals surface area (Å²) in [4.78, 5) is 3.50. The third-order valence-electron chi connectivity index (χ3n) is 7.98.